The Kier molecular flexibility index (Phi) is 2.88. The number of amides is 1. The second kappa shape index (κ2) is 4.49. The summed E-state index contributed by atoms with van der Waals surface area (Å²) in [4.78, 5) is 14.8. The number of aromatic amines is 1. The van der Waals surface area contributed by atoms with Gasteiger partial charge in [0.05, 0.1) is 23.6 Å². The lowest BCUT2D eigenvalue weighted by molar-refractivity contribution is 0.0956. The third-order valence-corrected chi connectivity index (χ3v) is 2.35. The van der Waals surface area contributed by atoms with Crippen LogP contribution >= 0.6 is 0 Å². The molecule has 0 bridgehead atoms. The van der Waals surface area contributed by atoms with E-state index in [9.17, 15) is 4.79 Å². The van der Waals surface area contributed by atoms with E-state index in [1.807, 2.05) is 24.3 Å². The zero-order valence-corrected chi connectivity index (χ0v) is 8.66. The molecule has 80 valence electrons. The molecule has 2 rings (SSSR count). The number of nitrogens with one attached hydrogen (secondary N) is 2. The lowest BCUT2D eigenvalue weighted by Gasteiger charge is -2.03. The van der Waals surface area contributed by atoms with E-state index >= 15 is 0 Å². The highest BCUT2D eigenvalue weighted by Crippen LogP contribution is 2.16. The van der Waals surface area contributed by atoms with Crippen LogP contribution in [0.1, 0.15) is 16.8 Å². The van der Waals surface area contributed by atoms with E-state index in [1.165, 1.54) is 0 Å². The Hall–Kier alpha value is -2.28. The molecule has 2 aromatic rings. The smallest absolute Gasteiger partial charge is 0.253 e. The molecule has 0 aliphatic heterocycles. The van der Waals surface area contributed by atoms with Crippen LogP contribution in [0.15, 0.2) is 30.5 Å². The fourth-order valence-electron chi connectivity index (χ4n) is 1.60. The van der Waals surface area contributed by atoms with Crippen molar-refractivity contribution < 1.29 is 4.79 Å². The Bertz CT molecular complexity index is 551. The summed E-state index contributed by atoms with van der Waals surface area (Å²) >= 11 is 0. The predicted molar refractivity (Wildman–Crippen MR) is 60.9 cm³/mol. The SMILES string of the molecule is N#CCCNC(=O)c1cccc2cc[nH]c12. The fourth-order valence-corrected chi connectivity index (χ4v) is 1.60. The number of rotatable bonds is 3. The van der Waals surface area contributed by atoms with Gasteiger partial charge in [-0.1, -0.05) is 12.1 Å². The summed E-state index contributed by atoms with van der Waals surface area (Å²) in [6.45, 7) is 0.381. The summed E-state index contributed by atoms with van der Waals surface area (Å²) in [5, 5.41) is 12.1. The molecule has 0 radical (unpaired) electrons. The van der Waals surface area contributed by atoms with E-state index in [4.69, 9.17) is 5.26 Å². The van der Waals surface area contributed by atoms with Crippen LogP contribution in [0, 0.1) is 11.3 Å². The Balaban J connectivity index is 2.23. The number of hydrogen-bond donors (Lipinski definition) is 2. The number of H-pyrrole nitrogens is 1. The van der Waals surface area contributed by atoms with Gasteiger partial charge in [0.2, 0.25) is 0 Å². The van der Waals surface area contributed by atoms with E-state index in [2.05, 4.69) is 10.3 Å². The van der Waals surface area contributed by atoms with Crippen LogP contribution in [0.3, 0.4) is 0 Å². The summed E-state index contributed by atoms with van der Waals surface area (Å²) in [6.07, 6.45) is 2.13. The van der Waals surface area contributed by atoms with Gasteiger partial charge < -0.3 is 10.3 Å². The molecular formula is C12H11N3O. The molecule has 1 aromatic heterocycles. The topological polar surface area (TPSA) is 68.7 Å². The largest absolute Gasteiger partial charge is 0.361 e. The lowest BCUT2D eigenvalue weighted by Crippen LogP contribution is -2.24. The number of benzene rings is 1. The molecule has 0 spiro atoms. The highest BCUT2D eigenvalue weighted by Gasteiger charge is 2.09. The van der Waals surface area contributed by atoms with Gasteiger partial charge in [0.1, 0.15) is 0 Å². The van der Waals surface area contributed by atoms with E-state index in [-0.39, 0.29) is 5.91 Å². The third-order valence-electron chi connectivity index (χ3n) is 2.35. The van der Waals surface area contributed by atoms with Crippen molar-refractivity contribution in [2.45, 2.75) is 6.42 Å². The van der Waals surface area contributed by atoms with E-state index in [0.29, 0.717) is 18.5 Å². The summed E-state index contributed by atoms with van der Waals surface area (Å²) in [5.41, 5.74) is 1.44. The Morgan fingerprint density at radius 2 is 2.31 bits per heavy atom. The van der Waals surface area contributed by atoms with Gasteiger partial charge in [0.25, 0.3) is 5.91 Å². The van der Waals surface area contributed by atoms with Crippen molar-refractivity contribution >= 4 is 16.8 Å². The first-order valence-corrected chi connectivity index (χ1v) is 5.04. The summed E-state index contributed by atoms with van der Waals surface area (Å²) in [7, 11) is 0. The van der Waals surface area contributed by atoms with Crippen molar-refractivity contribution in [3.63, 3.8) is 0 Å². The van der Waals surface area contributed by atoms with Crippen LogP contribution in [0.5, 0.6) is 0 Å². The van der Waals surface area contributed by atoms with Gasteiger partial charge in [-0.2, -0.15) is 5.26 Å². The number of nitrogens with zero attached hydrogens (tertiary/aromatic N) is 1. The predicted octanol–water partition coefficient (Wildman–Crippen LogP) is 1.81. The van der Waals surface area contributed by atoms with Crippen LogP contribution in [0.4, 0.5) is 0 Å². The maximum atomic E-state index is 11.8. The Labute approximate surface area is 92.9 Å². The highest BCUT2D eigenvalue weighted by molar-refractivity contribution is 6.05. The van der Waals surface area contributed by atoms with Gasteiger partial charge >= 0.3 is 0 Å². The van der Waals surface area contributed by atoms with Crippen molar-refractivity contribution in [3.8, 4) is 6.07 Å². The summed E-state index contributed by atoms with van der Waals surface area (Å²) in [5.74, 6) is -0.150. The van der Waals surface area contributed by atoms with Crippen molar-refractivity contribution in [1.29, 1.82) is 5.26 Å². The minimum absolute atomic E-state index is 0.150. The third kappa shape index (κ3) is 1.89. The van der Waals surface area contributed by atoms with Gasteiger partial charge in [-0.15, -0.1) is 0 Å². The standard InChI is InChI=1S/C12H11N3O/c13-6-2-7-15-12(16)10-4-1-3-9-5-8-14-11(9)10/h1,3-5,8,14H,2,7H2,(H,15,16). The van der Waals surface area contributed by atoms with Crippen molar-refractivity contribution in [1.82, 2.24) is 10.3 Å². The van der Waals surface area contributed by atoms with Gasteiger partial charge in [-0.05, 0) is 12.1 Å². The average Bonchev–Trinajstić information content (AvgIpc) is 2.76. The number of aromatic nitrogens is 1. The average molecular weight is 213 g/mol. The highest BCUT2D eigenvalue weighted by atomic mass is 16.1. The molecule has 0 unspecified atom stereocenters. The zero-order valence-electron chi connectivity index (χ0n) is 8.66. The van der Waals surface area contributed by atoms with E-state index in [0.717, 1.165) is 10.9 Å². The summed E-state index contributed by atoms with van der Waals surface area (Å²) < 4.78 is 0. The minimum atomic E-state index is -0.150. The first kappa shape index (κ1) is 10.2. The van der Waals surface area contributed by atoms with Gasteiger partial charge in [0, 0.05) is 18.1 Å². The molecular weight excluding hydrogens is 202 g/mol. The number of carbonyl (C=O) groups is 1. The monoisotopic (exact) mass is 213 g/mol. The summed E-state index contributed by atoms with van der Waals surface area (Å²) in [6, 6.07) is 9.45. The molecule has 2 N–H and O–H groups in total. The molecule has 1 amide bonds. The molecule has 0 saturated heterocycles. The number of hydrogen-bond acceptors (Lipinski definition) is 2. The molecule has 1 heterocycles. The zero-order chi connectivity index (χ0) is 11.4. The van der Waals surface area contributed by atoms with Crippen molar-refractivity contribution in [3.05, 3.63) is 36.0 Å². The van der Waals surface area contributed by atoms with Gasteiger partial charge in [-0.3, -0.25) is 4.79 Å². The fraction of sp³-hybridized carbons (Fsp3) is 0.167. The lowest BCUT2D eigenvalue weighted by atomic mass is 10.1. The normalized spacial score (nSPS) is 9.94. The van der Waals surface area contributed by atoms with E-state index < -0.39 is 0 Å². The molecule has 4 heteroatoms. The molecule has 0 saturated carbocycles. The molecule has 0 aliphatic rings. The van der Waals surface area contributed by atoms with Crippen LogP contribution in [0.2, 0.25) is 0 Å². The van der Waals surface area contributed by atoms with Gasteiger partial charge in [-0.25, -0.2) is 0 Å². The van der Waals surface area contributed by atoms with Crippen molar-refractivity contribution in [2.24, 2.45) is 0 Å². The van der Waals surface area contributed by atoms with Crippen LogP contribution in [-0.4, -0.2) is 17.4 Å². The molecule has 4 nitrogen and oxygen atoms in total. The molecule has 16 heavy (non-hydrogen) atoms. The Morgan fingerprint density at radius 3 is 3.12 bits per heavy atom. The minimum Gasteiger partial charge on any atom is -0.361 e. The van der Waals surface area contributed by atoms with Crippen LogP contribution in [0.25, 0.3) is 10.9 Å². The second-order valence-corrected chi connectivity index (χ2v) is 3.41. The second-order valence-electron chi connectivity index (χ2n) is 3.41. The van der Waals surface area contributed by atoms with Gasteiger partial charge in [0.15, 0.2) is 0 Å². The maximum absolute atomic E-state index is 11.8. The van der Waals surface area contributed by atoms with Crippen molar-refractivity contribution in [2.75, 3.05) is 6.54 Å². The van der Waals surface area contributed by atoms with E-state index in [1.54, 1.807) is 12.3 Å². The first-order valence-electron chi connectivity index (χ1n) is 5.04. The number of para-hydroxylation sites is 1. The molecule has 0 fully saturated rings. The molecule has 0 aliphatic carbocycles. The molecule has 0 atom stereocenters. The number of carbonyl (C=O) groups excluding carboxylic acids is 1. The quantitative estimate of drug-likeness (QED) is 0.763. The number of nitriles is 1. The molecule has 1 aromatic carbocycles. The number of fused-ring (bicyclic) bond motifs is 1. The van der Waals surface area contributed by atoms with Crippen LogP contribution in [-0.2, 0) is 0 Å². The van der Waals surface area contributed by atoms with Crippen LogP contribution < -0.4 is 5.32 Å². The maximum Gasteiger partial charge on any atom is 0.253 e. The first-order chi connectivity index (χ1) is 7.83. The Morgan fingerprint density at radius 1 is 1.44 bits per heavy atom.